The van der Waals surface area contributed by atoms with Crippen LogP contribution in [-0.4, -0.2) is 27.1 Å². The topological polar surface area (TPSA) is 74.1 Å². The second-order valence-corrected chi connectivity index (χ2v) is 4.89. The van der Waals surface area contributed by atoms with Crippen LogP contribution in [0.3, 0.4) is 0 Å². The quantitative estimate of drug-likeness (QED) is 0.689. The Hall–Kier alpha value is -3.02. The number of carbonyl (C=O) groups excluding carboxylic acids is 1. The van der Waals surface area contributed by atoms with Gasteiger partial charge in [0.2, 0.25) is 0 Å². The van der Waals surface area contributed by atoms with Crippen LogP contribution in [0.5, 0.6) is 0 Å². The zero-order chi connectivity index (χ0) is 16.2. The molecule has 0 unspecified atom stereocenters. The molecule has 23 heavy (non-hydrogen) atoms. The summed E-state index contributed by atoms with van der Waals surface area (Å²) in [4.78, 5) is 33.2. The molecule has 0 aliphatic rings. The third kappa shape index (κ3) is 2.96. The fourth-order valence-electron chi connectivity index (χ4n) is 2.37. The standard InChI is InChI=1S/C17H15N3O3/c1-2-23-15(21)11-20-16(12-6-5-9-18-10-12)19-14-8-4-3-7-13(14)17(20)22/h3-10H,2,11H2,1H3. The van der Waals surface area contributed by atoms with Gasteiger partial charge in [0.1, 0.15) is 12.4 Å². The van der Waals surface area contributed by atoms with E-state index in [0.29, 0.717) is 22.3 Å². The highest BCUT2D eigenvalue weighted by molar-refractivity contribution is 5.80. The van der Waals surface area contributed by atoms with E-state index in [1.54, 1.807) is 49.6 Å². The highest BCUT2D eigenvalue weighted by atomic mass is 16.5. The second-order valence-electron chi connectivity index (χ2n) is 4.89. The Bertz CT molecular complexity index is 904. The van der Waals surface area contributed by atoms with Crippen LogP contribution in [0.15, 0.2) is 53.6 Å². The average Bonchev–Trinajstić information content (AvgIpc) is 2.58. The Kier molecular flexibility index (Phi) is 4.14. The number of aromatic nitrogens is 3. The van der Waals surface area contributed by atoms with Crippen molar-refractivity contribution in [3.8, 4) is 11.4 Å². The van der Waals surface area contributed by atoms with Crippen molar-refractivity contribution < 1.29 is 9.53 Å². The lowest BCUT2D eigenvalue weighted by atomic mass is 10.2. The summed E-state index contributed by atoms with van der Waals surface area (Å²) in [5.41, 5.74) is 0.971. The van der Waals surface area contributed by atoms with E-state index in [0.717, 1.165) is 0 Å². The first-order valence-corrected chi connectivity index (χ1v) is 7.26. The predicted octanol–water partition coefficient (Wildman–Crippen LogP) is 2.02. The molecule has 2 heterocycles. The SMILES string of the molecule is CCOC(=O)Cn1c(-c2cccnc2)nc2ccccc2c1=O. The first-order chi connectivity index (χ1) is 11.2. The highest BCUT2D eigenvalue weighted by Crippen LogP contribution is 2.17. The van der Waals surface area contributed by atoms with Gasteiger partial charge in [-0.3, -0.25) is 19.1 Å². The fraction of sp³-hybridized carbons (Fsp3) is 0.176. The van der Waals surface area contributed by atoms with Gasteiger partial charge in [-0.15, -0.1) is 0 Å². The molecule has 0 atom stereocenters. The molecule has 0 aliphatic carbocycles. The molecule has 0 saturated carbocycles. The molecule has 0 bridgehead atoms. The molecule has 2 aromatic heterocycles. The van der Waals surface area contributed by atoms with Crippen LogP contribution in [0.1, 0.15) is 6.92 Å². The van der Waals surface area contributed by atoms with Gasteiger partial charge in [0.05, 0.1) is 17.5 Å². The van der Waals surface area contributed by atoms with Gasteiger partial charge in [0.25, 0.3) is 5.56 Å². The minimum atomic E-state index is -0.475. The summed E-state index contributed by atoms with van der Waals surface area (Å²) in [6.07, 6.45) is 3.25. The second kappa shape index (κ2) is 6.39. The summed E-state index contributed by atoms with van der Waals surface area (Å²) in [6.45, 7) is 1.80. The number of para-hydroxylation sites is 1. The van der Waals surface area contributed by atoms with Crippen molar-refractivity contribution in [1.82, 2.24) is 14.5 Å². The van der Waals surface area contributed by atoms with Crippen LogP contribution in [0, 0.1) is 0 Å². The van der Waals surface area contributed by atoms with Gasteiger partial charge in [0.15, 0.2) is 0 Å². The number of hydrogen-bond donors (Lipinski definition) is 0. The number of hydrogen-bond acceptors (Lipinski definition) is 5. The lowest BCUT2D eigenvalue weighted by Gasteiger charge is -2.12. The first kappa shape index (κ1) is 14.9. The summed E-state index contributed by atoms with van der Waals surface area (Å²) in [7, 11) is 0. The van der Waals surface area contributed by atoms with Crippen molar-refractivity contribution in [2.45, 2.75) is 13.5 Å². The van der Waals surface area contributed by atoms with Crippen LogP contribution in [0.25, 0.3) is 22.3 Å². The van der Waals surface area contributed by atoms with Crippen LogP contribution < -0.4 is 5.56 Å². The van der Waals surface area contributed by atoms with Gasteiger partial charge in [-0.05, 0) is 31.2 Å². The van der Waals surface area contributed by atoms with Crippen molar-refractivity contribution in [1.29, 1.82) is 0 Å². The molecule has 3 rings (SSSR count). The minimum Gasteiger partial charge on any atom is -0.465 e. The largest absolute Gasteiger partial charge is 0.465 e. The van der Waals surface area contributed by atoms with Gasteiger partial charge in [-0.25, -0.2) is 4.98 Å². The zero-order valence-electron chi connectivity index (χ0n) is 12.6. The van der Waals surface area contributed by atoms with Crippen molar-refractivity contribution in [2.24, 2.45) is 0 Å². The molecule has 6 nitrogen and oxygen atoms in total. The Labute approximate surface area is 132 Å². The van der Waals surface area contributed by atoms with E-state index in [-0.39, 0.29) is 18.7 Å². The van der Waals surface area contributed by atoms with E-state index in [1.807, 2.05) is 6.07 Å². The number of rotatable bonds is 4. The van der Waals surface area contributed by atoms with Crippen LogP contribution in [-0.2, 0) is 16.1 Å². The number of benzene rings is 1. The maximum atomic E-state index is 12.8. The molecule has 0 spiro atoms. The maximum absolute atomic E-state index is 12.8. The number of carbonyl (C=O) groups is 1. The number of esters is 1. The monoisotopic (exact) mass is 309 g/mol. The Morgan fingerprint density at radius 2 is 2.04 bits per heavy atom. The molecule has 0 radical (unpaired) electrons. The van der Waals surface area contributed by atoms with Crippen molar-refractivity contribution >= 4 is 16.9 Å². The van der Waals surface area contributed by atoms with Gasteiger partial charge in [-0.1, -0.05) is 12.1 Å². The summed E-state index contributed by atoms with van der Waals surface area (Å²) >= 11 is 0. The molecule has 0 amide bonds. The lowest BCUT2D eigenvalue weighted by molar-refractivity contribution is -0.143. The van der Waals surface area contributed by atoms with Crippen molar-refractivity contribution in [3.63, 3.8) is 0 Å². The van der Waals surface area contributed by atoms with Crippen LogP contribution in [0.4, 0.5) is 0 Å². The summed E-state index contributed by atoms with van der Waals surface area (Å²) < 4.78 is 6.29. The van der Waals surface area contributed by atoms with Crippen molar-refractivity contribution in [2.75, 3.05) is 6.61 Å². The third-order valence-electron chi connectivity index (χ3n) is 3.37. The lowest BCUT2D eigenvalue weighted by Crippen LogP contribution is -2.28. The highest BCUT2D eigenvalue weighted by Gasteiger charge is 2.15. The van der Waals surface area contributed by atoms with E-state index in [9.17, 15) is 9.59 Å². The van der Waals surface area contributed by atoms with Gasteiger partial charge in [-0.2, -0.15) is 0 Å². The van der Waals surface area contributed by atoms with Crippen molar-refractivity contribution in [3.05, 3.63) is 59.1 Å². The summed E-state index contributed by atoms with van der Waals surface area (Å²) in [5.74, 6) is -0.0772. The van der Waals surface area contributed by atoms with Crippen LogP contribution >= 0.6 is 0 Å². The smallest absolute Gasteiger partial charge is 0.326 e. The average molecular weight is 309 g/mol. The number of fused-ring (bicyclic) bond motifs is 1. The number of nitrogens with zero attached hydrogens (tertiary/aromatic N) is 3. The molecule has 0 saturated heterocycles. The molecule has 3 aromatic rings. The van der Waals surface area contributed by atoms with E-state index in [1.165, 1.54) is 4.57 Å². The van der Waals surface area contributed by atoms with E-state index in [4.69, 9.17) is 4.74 Å². The first-order valence-electron chi connectivity index (χ1n) is 7.26. The molecule has 0 aliphatic heterocycles. The van der Waals surface area contributed by atoms with Crippen LogP contribution in [0.2, 0.25) is 0 Å². The van der Waals surface area contributed by atoms with Gasteiger partial charge in [0, 0.05) is 18.0 Å². The summed E-state index contributed by atoms with van der Waals surface area (Å²) in [5, 5.41) is 0.462. The Morgan fingerprint density at radius 1 is 1.22 bits per heavy atom. The minimum absolute atomic E-state index is 0.186. The number of pyridine rings is 1. The molecule has 6 heteroatoms. The Balaban J connectivity index is 2.23. The zero-order valence-corrected chi connectivity index (χ0v) is 12.6. The predicted molar refractivity (Wildman–Crippen MR) is 85.9 cm³/mol. The molecular formula is C17H15N3O3. The molecule has 0 fully saturated rings. The van der Waals surface area contributed by atoms with Gasteiger partial charge < -0.3 is 4.74 Å². The molecule has 116 valence electrons. The van der Waals surface area contributed by atoms with E-state index >= 15 is 0 Å². The maximum Gasteiger partial charge on any atom is 0.326 e. The number of ether oxygens (including phenoxy) is 1. The van der Waals surface area contributed by atoms with Gasteiger partial charge >= 0.3 is 5.97 Å². The van der Waals surface area contributed by atoms with E-state index in [2.05, 4.69) is 9.97 Å². The fourth-order valence-corrected chi connectivity index (χ4v) is 2.37. The Morgan fingerprint density at radius 3 is 2.78 bits per heavy atom. The molecular weight excluding hydrogens is 294 g/mol. The third-order valence-corrected chi connectivity index (χ3v) is 3.37. The summed E-state index contributed by atoms with van der Waals surface area (Å²) in [6, 6.07) is 10.6. The normalized spacial score (nSPS) is 10.7. The molecule has 0 N–H and O–H groups in total. The molecule has 1 aromatic carbocycles. The van der Waals surface area contributed by atoms with E-state index < -0.39 is 5.97 Å².